The molecule has 4 rings (SSSR count). The van der Waals surface area contributed by atoms with Crippen LogP contribution < -0.4 is 0 Å². The third-order valence-electron chi connectivity index (χ3n) is 3.36. The fraction of sp³-hybridized carbons (Fsp3) is 0.133. The minimum atomic E-state index is 0.103. The van der Waals surface area contributed by atoms with Gasteiger partial charge in [-0.15, -0.1) is 33.3 Å². The number of Topliss-reactive ketones (excluding diaryl/α,β-unsaturated/α-hetero) is 1. The molecule has 6 heteroatoms. The Hall–Kier alpha value is -1.92. The van der Waals surface area contributed by atoms with Crippen LogP contribution >= 0.6 is 23.1 Å². The molecule has 104 valence electrons. The van der Waals surface area contributed by atoms with Crippen molar-refractivity contribution in [2.75, 3.05) is 0 Å². The van der Waals surface area contributed by atoms with Crippen LogP contribution in [0, 0.1) is 0 Å². The number of aromatic nitrogens is 3. The molecule has 3 aromatic rings. The van der Waals surface area contributed by atoms with Crippen LogP contribution in [0.15, 0.2) is 40.6 Å². The highest BCUT2D eigenvalue weighted by Gasteiger charge is 2.25. The molecule has 1 aliphatic rings. The van der Waals surface area contributed by atoms with Crippen molar-refractivity contribution >= 4 is 28.9 Å². The van der Waals surface area contributed by atoms with Gasteiger partial charge in [-0.05, 0) is 13.0 Å². The van der Waals surface area contributed by atoms with Crippen LogP contribution in [0.25, 0.3) is 17.1 Å². The molecular formula is C15H11N3OS2. The normalized spacial score (nSPS) is 12.8. The third kappa shape index (κ3) is 2.02. The Kier molecular flexibility index (Phi) is 2.94. The Morgan fingerprint density at radius 3 is 2.81 bits per heavy atom. The van der Waals surface area contributed by atoms with Crippen molar-refractivity contribution in [2.45, 2.75) is 16.9 Å². The molecule has 0 fully saturated rings. The maximum Gasteiger partial charge on any atom is 0.169 e. The minimum absolute atomic E-state index is 0.103. The Morgan fingerprint density at radius 2 is 2.05 bits per heavy atom. The molecule has 0 aliphatic carbocycles. The fourth-order valence-corrected chi connectivity index (χ4v) is 4.56. The Balaban J connectivity index is 1.93. The molecule has 0 saturated heterocycles. The van der Waals surface area contributed by atoms with Crippen LogP contribution in [0.4, 0.5) is 0 Å². The molecule has 0 spiro atoms. The first-order valence-corrected chi connectivity index (χ1v) is 8.32. The number of rotatable bonds is 2. The average Bonchev–Trinajstić information content (AvgIpc) is 3.11. The summed E-state index contributed by atoms with van der Waals surface area (Å²) in [4.78, 5) is 12.4. The van der Waals surface area contributed by atoms with E-state index in [1.807, 2.05) is 36.4 Å². The van der Waals surface area contributed by atoms with Crippen molar-refractivity contribution in [3.63, 3.8) is 0 Å². The van der Waals surface area contributed by atoms with Gasteiger partial charge in [0.05, 0.1) is 20.5 Å². The number of nitrogens with zero attached hydrogens (tertiary/aromatic N) is 3. The lowest BCUT2D eigenvalue weighted by atomic mass is 10.2. The minimum Gasteiger partial charge on any atom is -0.294 e. The standard InChI is InChI=1S/C15H11N3OS2/c1-9(19)12-7-11-15(21-12)20-8-13-16-17-14(18(11)13)10-5-3-2-4-6-10/h2-7H,8H2,1H3. The number of benzene rings is 1. The van der Waals surface area contributed by atoms with Gasteiger partial charge in [0.2, 0.25) is 0 Å². The summed E-state index contributed by atoms with van der Waals surface area (Å²) in [6.45, 7) is 1.60. The van der Waals surface area contributed by atoms with Gasteiger partial charge in [0.25, 0.3) is 0 Å². The Bertz CT molecular complexity index is 836. The number of carbonyl (C=O) groups excluding carboxylic acids is 1. The molecule has 21 heavy (non-hydrogen) atoms. The van der Waals surface area contributed by atoms with Gasteiger partial charge in [-0.2, -0.15) is 0 Å². The molecule has 0 N–H and O–H groups in total. The van der Waals surface area contributed by atoms with E-state index >= 15 is 0 Å². The van der Waals surface area contributed by atoms with Gasteiger partial charge in [0.15, 0.2) is 11.6 Å². The first-order valence-electron chi connectivity index (χ1n) is 6.51. The fourth-order valence-electron chi connectivity index (χ4n) is 2.36. The predicted molar refractivity (Wildman–Crippen MR) is 84.2 cm³/mol. The number of thioether (sulfide) groups is 1. The molecular weight excluding hydrogens is 302 g/mol. The number of ketones is 1. The maximum absolute atomic E-state index is 11.6. The SMILES string of the molecule is CC(=O)c1cc2c(s1)SCc1nnc(-c3ccccc3)n1-2. The number of fused-ring (bicyclic) bond motifs is 3. The Labute approximate surface area is 129 Å². The highest BCUT2D eigenvalue weighted by molar-refractivity contribution is 8.00. The second-order valence-electron chi connectivity index (χ2n) is 4.77. The van der Waals surface area contributed by atoms with Gasteiger partial charge in [0.1, 0.15) is 5.82 Å². The van der Waals surface area contributed by atoms with Crippen LogP contribution in [0.1, 0.15) is 22.4 Å². The van der Waals surface area contributed by atoms with E-state index in [0.717, 1.165) is 37.7 Å². The van der Waals surface area contributed by atoms with Crippen LogP contribution in [-0.2, 0) is 5.75 Å². The van der Waals surface area contributed by atoms with E-state index in [1.54, 1.807) is 30.0 Å². The van der Waals surface area contributed by atoms with Gasteiger partial charge in [0, 0.05) is 5.56 Å². The topological polar surface area (TPSA) is 47.8 Å². The maximum atomic E-state index is 11.6. The number of hydrogen-bond donors (Lipinski definition) is 0. The largest absolute Gasteiger partial charge is 0.294 e. The summed E-state index contributed by atoms with van der Waals surface area (Å²) in [5.41, 5.74) is 2.06. The summed E-state index contributed by atoms with van der Waals surface area (Å²) < 4.78 is 3.23. The van der Waals surface area contributed by atoms with Gasteiger partial charge in [-0.3, -0.25) is 9.36 Å². The molecule has 0 unspecified atom stereocenters. The second kappa shape index (κ2) is 4.82. The highest BCUT2D eigenvalue weighted by Crippen LogP contribution is 2.42. The zero-order valence-corrected chi connectivity index (χ0v) is 12.9. The van der Waals surface area contributed by atoms with Crippen LogP contribution in [0.5, 0.6) is 0 Å². The lowest BCUT2D eigenvalue weighted by molar-refractivity contribution is 0.102. The summed E-state index contributed by atoms with van der Waals surface area (Å²) in [5, 5.41) is 8.64. The van der Waals surface area contributed by atoms with E-state index in [4.69, 9.17) is 0 Å². The summed E-state index contributed by atoms with van der Waals surface area (Å²) in [7, 11) is 0. The van der Waals surface area contributed by atoms with Crippen molar-refractivity contribution in [3.8, 4) is 17.1 Å². The molecule has 4 nitrogen and oxygen atoms in total. The number of hydrogen-bond acceptors (Lipinski definition) is 5. The van der Waals surface area contributed by atoms with Crippen molar-refractivity contribution in [1.29, 1.82) is 0 Å². The molecule has 3 heterocycles. The monoisotopic (exact) mass is 313 g/mol. The highest BCUT2D eigenvalue weighted by atomic mass is 32.2. The van der Waals surface area contributed by atoms with Crippen LogP contribution in [0.3, 0.4) is 0 Å². The molecule has 0 amide bonds. The molecule has 0 saturated carbocycles. The summed E-state index contributed by atoms with van der Waals surface area (Å²) in [6, 6.07) is 12.0. The zero-order chi connectivity index (χ0) is 14.4. The summed E-state index contributed by atoms with van der Waals surface area (Å²) >= 11 is 3.27. The van der Waals surface area contributed by atoms with Crippen molar-refractivity contribution in [3.05, 3.63) is 47.1 Å². The molecule has 1 aliphatic heterocycles. The summed E-state index contributed by atoms with van der Waals surface area (Å²) in [5.74, 6) is 2.65. The van der Waals surface area contributed by atoms with Crippen molar-refractivity contribution < 1.29 is 4.79 Å². The van der Waals surface area contributed by atoms with Crippen LogP contribution in [0.2, 0.25) is 0 Å². The lowest BCUT2D eigenvalue weighted by Crippen LogP contribution is -2.05. The van der Waals surface area contributed by atoms with E-state index in [1.165, 1.54) is 0 Å². The number of thiophene rings is 1. The van der Waals surface area contributed by atoms with Gasteiger partial charge in [-0.1, -0.05) is 30.3 Å². The summed E-state index contributed by atoms with van der Waals surface area (Å²) in [6.07, 6.45) is 0. The molecule has 0 atom stereocenters. The van der Waals surface area contributed by atoms with Crippen molar-refractivity contribution in [2.24, 2.45) is 0 Å². The quantitative estimate of drug-likeness (QED) is 0.675. The van der Waals surface area contributed by atoms with Crippen molar-refractivity contribution in [1.82, 2.24) is 14.8 Å². The molecule has 1 aromatic carbocycles. The van der Waals surface area contributed by atoms with Gasteiger partial charge in [-0.25, -0.2) is 0 Å². The van der Waals surface area contributed by atoms with E-state index in [9.17, 15) is 4.79 Å². The van der Waals surface area contributed by atoms with E-state index in [2.05, 4.69) is 14.8 Å². The molecule has 0 bridgehead atoms. The predicted octanol–water partition coefficient (Wildman–Crippen LogP) is 3.80. The Morgan fingerprint density at radius 1 is 1.24 bits per heavy atom. The zero-order valence-electron chi connectivity index (χ0n) is 11.2. The van der Waals surface area contributed by atoms with E-state index in [0.29, 0.717) is 0 Å². The smallest absolute Gasteiger partial charge is 0.169 e. The average molecular weight is 313 g/mol. The number of carbonyl (C=O) groups is 1. The lowest BCUT2D eigenvalue weighted by Gasteiger charge is -2.15. The second-order valence-corrected chi connectivity index (χ2v) is 7.07. The van der Waals surface area contributed by atoms with Crippen LogP contribution in [-0.4, -0.2) is 20.5 Å². The molecule has 0 radical (unpaired) electrons. The third-order valence-corrected chi connectivity index (χ3v) is 5.86. The van der Waals surface area contributed by atoms with E-state index in [-0.39, 0.29) is 5.78 Å². The van der Waals surface area contributed by atoms with E-state index < -0.39 is 0 Å². The molecule has 2 aromatic heterocycles. The van der Waals surface area contributed by atoms with Gasteiger partial charge < -0.3 is 0 Å². The first kappa shape index (κ1) is 12.8. The first-order chi connectivity index (χ1) is 10.2. The van der Waals surface area contributed by atoms with Gasteiger partial charge >= 0.3 is 0 Å².